The van der Waals surface area contributed by atoms with E-state index < -0.39 is 6.04 Å². The summed E-state index contributed by atoms with van der Waals surface area (Å²) in [6.07, 6.45) is 0. The minimum atomic E-state index is -0.503. The van der Waals surface area contributed by atoms with Crippen LogP contribution in [0.5, 0.6) is 0 Å². The van der Waals surface area contributed by atoms with Gasteiger partial charge in [0, 0.05) is 22.8 Å². The van der Waals surface area contributed by atoms with Gasteiger partial charge in [-0.1, -0.05) is 29.8 Å². The number of carbonyl (C=O) groups excluding carboxylic acids is 1. The molecule has 0 fully saturated rings. The van der Waals surface area contributed by atoms with Crippen molar-refractivity contribution in [3.8, 4) is 0 Å². The summed E-state index contributed by atoms with van der Waals surface area (Å²) < 4.78 is 3.72. The van der Waals surface area contributed by atoms with Crippen molar-refractivity contribution in [3.63, 3.8) is 0 Å². The van der Waals surface area contributed by atoms with E-state index in [-0.39, 0.29) is 11.5 Å². The molecule has 136 valence electrons. The van der Waals surface area contributed by atoms with Crippen molar-refractivity contribution in [2.24, 2.45) is 0 Å². The summed E-state index contributed by atoms with van der Waals surface area (Å²) >= 11 is 0. The molecule has 1 atom stereocenters. The molecule has 0 radical (unpaired) electrons. The first-order chi connectivity index (χ1) is 13.0. The average Bonchev–Trinajstić information content (AvgIpc) is 2.98. The molecule has 0 aliphatic carbocycles. The van der Waals surface area contributed by atoms with E-state index in [1.807, 2.05) is 78.5 Å². The molecular weight excluding hydrogens is 340 g/mol. The fraction of sp³-hybridized carbons (Fsp3) is 0.190. The minimum Gasteiger partial charge on any atom is -0.324 e. The first-order valence-electron chi connectivity index (χ1n) is 8.83. The fourth-order valence-corrected chi connectivity index (χ4v) is 3.38. The Morgan fingerprint density at radius 1 is 1.07 bits per heavy atom. The predicted octanol–water partition coefficient (Wildman–Crippen LogP) is 3.47. The Morgan fingerprint density at radius 3 is 2.52 bits per heavy atom. The highest BCUT2D eigenvalue weighted by Gasteiger charge is 2.22. The number of para-hydroxylation sites is 1. The molecule has 2 aromatic carbocycles. The van der Waals surface area contributed by atoms with Gasteiger partial charge in [0.1, 0.15) is 6.04 Å². The topological polar surface area (TPSA) is 68.4 Å². The Balaban J connectivity index is 1.85. The van der Waals surface area contributed by atoms with Crippen LogP contribution in [0.2, 0.25) is 0 Å². The van der Waals surface area contributed by atoms with Crippen LogP contribution in [0, 0.1) is 13.8 Å². The molecule has 6 nitrogen and oxygen atoms in total. The molecule has 0 saturated carbocycles. The molecule has 27 heavy (non-hydrogen) atoms. The lowest BCUT2D eigenvalue weighted by atomic mass is 10.2. The second kappa shape index (κ2) is 6.39. The number of nitrogens with one attached hydrogen (secondary N) is 1. The number of amides is 1. The van der Waals surface area contributed by atoms with Crippen molar-refractivity contribution in [3.05, 3.63) is 76.2 Å². The molecule has 2 heterocycles. The van der Waals surface area contributed by atoms with Crippen LogP contribution >= 0.6 is 0 Å². The van der Waals surface area contributed by atoms with Crippen molar-refractivity contribution in [1.82, 2.24) is 14.2 Å². The molecule has 4 aromatic rings. The van der Waals surface area contributed by atoms with Crippen molar-refractivity contribution < 1.29 is 4.79 Å². The SMILES string of the molecule is Cc1ccc(NC(=O)[C@H](C)n2c3ccccc3c3nc(=O)cc(C)n32)cc1. The normalized spacial score (nSPS) is 12.4. The number of anilines is 1. The lowest BCUT2D eigenvalue weighted by molar-refractivity contribution is -0.119. The van der Waals surface area contributed by atoms with E-state index in [1.54, 1.807) is 0 Å². The highest BCUT2D eigenvalue weighted by Crippen LogP contribution is 2.25. The Kier molecular flexibility index (Phi) is 4.03. The summed E-state index contributed by atoms with van der Waals surface area (Å²) in [5.74, 6) is -0.139. The number of rotatable bonds is 3. The Morgan fingerprint density at radius 2 is 1.78 bits per heavy atom. The number of nitrogens with zero attached hydrogens (tertiary/aromatic N) is 3. The van der Waals surface area contributed by atoms with Gasteiger partial charge in [-0.05, 0) is 45.0 Å². The van der Waals surface area contributed by atoms with Crippen molar-refractivity contribution in [1.29, 1.82) is 0 Å². The monoisotopic (exact) mass is 360 g/mol. The second-order valence-corrected chi connectivity index (χ2v) is 6.76. The number of benzene rings is 2. The van der Waals surface area contributed by atoms with E-state index in [0.29, 0.717) is 5.65 Å². The van der Waals surface area contributed by atoms with Crippen molar-refractivity contribution >= 4 is 28.1 Å². The van der Waals surface area contributed by atoms with Gasteiger partial charge in [-0.25, -0.2) is 4.52 Å². The van der Waals surface area contributed by atoms with Crippen LogP contribution in [-0.2, 0) is 4.79 Å². The number of aryl methyl sites for hydroxylation is 2. The number of carbonyl (C=O) groups is 1. The van der Waals surface area contributed by atoms with Gasteiger partial charge in [-0.3, -0.25) is 14.3 Å². The molecule has 2 aromatic heterocycles. The lowest BCUT2D eigenvalue weighted by Crippen LogP contribution is -2.27. The van der Waals surface area contributed by atoms with E-state index >= 15 is 0 Å². The number of fused-ring (bicyclic) bond motifs is 3. The summed E-state index contributed by atoms with van der Waals surface area (Å²) in [6, 6.07) is 16.3. The van der Waals surface area contributed by atoms with Crippen LogP contribution < -0.4 is 10.9 Å². The van der Waals surface area contributed by atoms with Crippen molar-refractivity contribution in [2.45, 2.75) is 26.8 Å². The van der Waals surface area contributed by atoms with Gasteiger partial charge < -0.3 is 5.32 Å². The van der Waals surface area contributed by atoms with Crippen LogP contribution in [0.4, 0.5) is 5.69 Å². The predicted molar refractivity (Wildman–Crippen MR) is 106 cm³/mol. The van der Waals surface area contributed by atoms with Gasteiger partial charge in [-0.15, -0.1) is 0 Å². The summed E-state index contributed by atoms with van der Waals surface area (Å²) in [7, 11) is 0. The number of hydrogen-bond acceptors (Lipinski definition) is 3. The third kappa shape index (κ3) is 2.89. The highest BCUT2D eigenvalue weighted by atomic mass is 16.2. The molecule has 0 saturated heterocycles. The molecule has 1 N–H and O–H groups in total. The quantitative estimate of drug-likeness (QED) is 0.608. The average molecular weight is 360 g/mol. The van der Waals surface area contributed by atoms with Gasteiger partial charge in [0.25, 0.3) is 5.56 Å². The number of aromatic nitrogens is 3. The van der Waals surface area contributed by atoms with Crippen LogP contribution in [0.3, 0.4) is 0 Å². The summed E-state index contributed by atoms with van der Waals surface area (Å²) in [6.45, 7) is 5.69. The molecule has 0 aliphatic heterocycles. The largest absolute Gasteiger partial charge is 0.324 e. The molecular formula is C21H20N4O2. The zero-order valence-electron chi connectivity index (χ0n) is 15.4. The van der Waals surface area contributed by atoms with E-state index in [9.17, 15) is 9.59 Å². The summed E-state index contributed by atoms with van der Waals surface area (Å²) in [5, 5.41) is 3.80. The van der Waals surface area contributed by atoms with Crippen molar-refractivity contribution in [2.75, 3.05) is 5.32 Å². The Hall–Kier alpha value is -3.41. The first kappa shape index (κ1) is 17.0. The van der Waals surface area contributed by atoms with Gasteiger partial charge in [0.15, 0.2) is 5.65 Å². The third-order valence-corrected chi connectivity index (χ3v) is 4.76. The third-order valence-electron chi connectivity index (χ3n) is 4.76. The molecule has 0 unspecified atom stereocenters. The van der Waals surface area contributed by atoms with Crippen LogP contribution in [-0.4, -0.2) is 20.1 Å². The number of hydrogen-bond donors (Lipinski definition) is 1. The van der Waals surface area contributed by atoms with E-state index in [4.69, 9.17) is 0 Å². The smallest absolute Gasteiger partial charge is 0.273 e. The van der Waals surface area contributed by atoms with E-state index in [1.165, 1.54) is 6.07 Å². The Labute approximate surface area is 156 Å². The zero-order chi connectivity index (χ0) is 19.1. The molecule has 1 amide bonds. The molecule has 0 bridgehead atoms. The van der Waals surface area contributed by atoms with E-state index in [0.717, 1.165) is 27.8 Å². The van der Waals surface area contributed by atoms with Gasteiger partial charge in [0.05, 0.1) is 5.52 Å². The molecule has 0 aliphatic rings. The summed E-state index contributed by atoms with van der Waals surface area (Å²) in [5.41, 5.74) is 3.74. The maximum atomic E-state index is 12.9. The van der Waals surface area contributed by atoms with Gasteiger partial charge in [0.2, 0.25) is 5.91 Å². The molecule has 6 heteroatoms. The molecule has 0 spiro atoms. The fourth-order valence-electron chi connectivity index (χ4n) is 3.38. The lowest BCUT2D eigenvalue weighted by Gasteiger charge is -2.18. The minimum absolute atomic E-state index is 0.139. The maximum Gasteiger partial charge on any atom is 0.273 e. The molecule has 4 rings (SSSR count). The van der Waals surface area contributed by atoms with Gasteiger partial charge in [-0.2, -0.15) is 4.98 Å². The maximum absolute atomic E-state index is 12.9. The van der Waals surface area contributed by atoms with Gasteiger partial charge >= 0.3 is 0 Å². The summed E-state index contributed by atoms with van der Waals surface area (Å²) in [4.78, 5) is 29.0. The van der Waals surface area contributed by atoms with Crippen LogP contribution in [0.15, 0.2) is 59.4 Å². The Bertz CT molecular complexity index is 1220. The van der Waals surface area contributed by atoms with Crippen LogP contribution in [0.1, 0.15) is 24.2 Å². The highest BCUT2D eigenvalue weighted by molar-refractivity contribution is 5.97. The van der Waals surface area contributed by atoms with E-state index in [2.05, 4.69) is 10.3 Å². The first-order valence-corrected chi connectivity index (χ1v) is 8.83. The zero-order valence-corrected chi connectivity index (χ0v) is 15.4. The second-order valence-electron chi connectivity index (χ2n) is 6.76. The van der Waals surface area contributed by atoms with Crippen LogP contribution in [0.25, 0.3) is 16.6 Å². The standard InChI is InChI=1S/C21H20N4O2/c1-13-8-10-16(11-9-13)22-21(27)15(3)25-18-7-5-4-6-17(18)20-23-19(26)12-14(2)24(20)25/h4-12,15H,1-3H3,(H,22,27)/t15-/m0/s1.